The van der Waals surface area contributed by atoms with Gasteiger partial charge in [0.05, 0.1) is 11.8 Å². The smallest absolute Gasteiger partial charge is 0.252 e. The van der Waals surface area contributed by atoms with Crippen LogP contribution in [-0.2, 0) is 0 Å². The van der Waals surface area contributed by atoms with E-state index in [0.717, 1.165) is 5.56 Å². The number of benzene rings is 1. The molecule has 2 heterocycles. The van der Waals surface area contributed by atoms with E-state index in [1.165, 1.54) is 6.26 Å². The summed E-state index contributed by atoms with van der Waals surface area (Å²) in [4.78, 5) is 0. The molecule has 0 spiro atoms. The van der Waals surface area contributed by atoms with E-state index in [2.05, 4.69) is 10.2 Å². The fraction of sp³-hybridized carbons (Fsp3) is 0.0769. The van der Waals surface area contributed by atoms with Crippen LogP contribution >= 0.6 is 23.2 Å². The molecule has 3 rings (SSSR count). The van der Waals surface area contributed by atoms with Crippen LogP contribution in [-0.4, -0.2) is 10.2 Å². The minimum atomic E-state index is -0.492. The van der Waals surface area contributed by atoms with Crippen molar-refractivity contribution in [2.45, 2.75) is 5.38 Å². The summed E-state index contributed by atoms with van der Waals surface area (Å²) < 4.78 is 10.5. The van der Waals surface area contributed by atoms with E-state index >= 15 is 0 Å². The summed E-state index contributed by atoms with van der Waals surface area (Å²) >= 11 is 12.1. The Bertz CT molecular complexity index is 679. The summed E-state index contributed by atoms with van der Waals surface area (Å²) in [6.45, 7) is 0. The molecule has 0 aliphatic rings. The van der Waals surface area contributed by atoms with Gasteiger partial charge in [0.2, 0.25) is 11.1 Å². The van der Waals surface area contributed by atoms with E-state index in [4.69, 9.17) is 32.0 Å². The summed E-state index contributed by atoms with van der Waals surface area (Å²) in [6, 6.07) is 11.2. The van der Waals surface area contributed by atoms with Gasteiger partial charge in [0.1, 0.15) is 5.38 Å². The molecule has 0 bridgehead atoms. The molecule has 0 radical (unpaired) electrons. The molecule has 3 aromatic rings. The molecular weight excluding hydrogens is 287 g/mol. The predicted molar refractivity (Wildman–Crippen MR) is 71.1 cm³/mol. The number of aromatic nitrogens is 2. The molecule has 0 amide bonds. The van der Waals surface area contributed by atoms with Gasteiger partial charge in [0, 0.05) is 0 Å². The van der Waals surface area contributed by atoms with Crippen molar-refractivity contribution in [3.8, 4) is 11.5 Å². The second kappa shape index (κ2) is 5.07. The van der Waals surface area contributed by atoms with Gasteiger partial charge in [-0.1, -0.05) is 30.3 Å². The highest BCUT2D eigenvalue weighted by atomic mass is 35.5. The highest BCUT2D eigenvalue weighted by molar-refractivity contribution is 6.31. The van der Waals surface area contributed by atoms with Gasteiger partial charge in [0.25, 0.3) is 5.89 Å². The third-order valence-electron chi connectivity index (χ3n) is 2.60. The van der Waals surface area contributed by atoms with Gasteiger partial charge in [-0.25, -0.2) is 0 Å². The van der Waals surface area contributed by atoms with Crippen LogP contribution < -0.4 is 0 Å². The SMILES string of the molecule is Clc1occc1-c1nnc(C(Cl)c2ccccc2)o1. The quantitative estimate of drug-likeness (QED) is 0.675. The van der Waals surface area contributed by atoms with Gasteiger partial charge in [-0.2, -0.15) is 0 Å². The monoisotopic (exact) mass is 294 g/mol. The average Bonchev–Trinajstić information content (AvgIpc) is 3.07. The Morgan fingerprint density at radius 1 is 1.05 bits per heavy atom. The molecule has 0 aliphatic carbocycles. The van der Waals surface area contributed by atoms with Crippen molar-refractivity contribution in [2.75, 3.05) is 0 Å². The molecule has 4 nitrogen and oxygen atoms in total. The van der Waals surface area contributed by atoms with Crippen molar-refractivity contribution in [3.63, 3.8) is 0 Å². The molecule has 0 fully saturated rings. The standard InChI is InChI=1S/C13H8Cl2N2O2/c14-10(8-4-2-1-3-5-8)13-17-16-12(19-13)9-6-7-18-11(9)15/h1-7,10H. The lowest BCUT2D eigenvalue weighted by Crippen LogP contribution is -1.92. The van der Waals surface area contributed by atoms with Crippen molar-refractivity contribution >= 4 is 23.2 Å². The molecular formula is C13H8Cl2N2O2. The Hall–Kier alpha value is -1.78. The first-order chi connectivity index (χ1) is 9.25. The molecule has 1 aromatic carbocycles. The van der Waals surface area contributed by atoms with E-state index in [0.29, 0.717) is 11.5 Å². The second-order valence-electron chi connectivity index (χ2n) is 3.83. The number of nitrogens with zero attached hydrogens (tertiary/aromatic N) is 2. The van der Waals surface area contributed by atoms with Crippen molar-refractivity contribution in [3.05, 3.63) is 59.3 Å². The fourth-order valence-electron chi connectivity index (χ4n) is 1.66. The molecule has 0 saturated carbocycles. The topological polar surface area (TPSA) is 52.1 Å². The maximum atomic E-state index is 6.29. The van der Waals surface area contributed by atoms with Crippen LogP contribution in [0.5, 0.6) is 0 Å². The van der Waals surface area contributed by atoms with Crippen LogP contribution in [0.2, 0.25) is 5.22 Å². The number of rotatable bonds is 3. The summed E-state index contributed by atoms with van der Waals surface area (Å²) in [7, 11) is 0. The number of halogens is 2. The van der Waals surface area contributed by atoms with Gasteiger partial charge in [-0.15, -0.1) is 21.8 Å². The van der Waals surface area contributed by atoms with Crippen LogP contribution in [0.3, 0.4) is 0 Å². The summed E-state index contributed by atoms with van der Waals surface area (Å²) in [5.74, 6) is 0.607. The lowest BCUT2D eigenvalue weighted by molar-refractivity contribution is 0.511. The van der Waals surface area contributed by atoms with E-state index in [-0.39, 0.29) is 11.1 Å². The van der Waals surface area contributed by atoms with Crippen molar-refractivity contribution in [1.29, 1.82) is 0 Å². The maximum absolute atomic E-state index is 6.29. The van der Waals surface area contributed by atoms with Crippen LogP contribution in [0, 0.1) is 0 Å². The number of furan rings is 1. The highest BCUT2D eigenvalue weighted by Gasteiger charge is 2.20. The second-order valence-corrected chi connectivity index (χ2v) is 4.61. The first-order valence-corrected chi connectivity index (χ1v) is 6.33. The number of hydrogen-bond acceptors (Lipinski definition) is 4. The summed E-state index contributed by atoms with van der Waals surface area (Å²) in [6.07, 6.45) is 1.46. The average molecular weight is 295 g/mol. The minimum Gasteiger partial charge on any atom is -0.452 e. The van der Waals surface area contributed by atoms with Gasteiger partial charge in [-0.05, 0) is 23.2 Å². The summed E-state index contributed by atoms with van der Waals surface area (Å²) in [5, 5.41) is 7.58. The van der Waals surface area contributed by atoms with E-state index in [9.17, 15) is 0 Å². The molecule has 19 heavy (non-hydrogen) atoms. The first kappa shape index (κ1) is 12.3. The van der Waals surface area contributed by atoms with Gasteiger partial charge in [-0.3, -0.25) is 0 Å². The van der Waals surface area contributed by atoms with E-state index in [1.54, 1.807) is 6.07 Å². The van der Waals surface area contributed by atoms with E-state index in [1.807, 2.05) is 30.3 Å². The Morgan fingerprint density at radius 2 is 1.84 bits per heavy atom. The van der Waals surface area contributed by atoms with Crippen LogP contribution in [0.15, 0.2) is 51.5 Å². The molecule has 0 aliphatic heterocycles. The zero-order valence-corrected chi connectivity index (χ0v) is 11.1. The largest absolute Gasteiger partial charge is 0.452 e. The molecule has 96 valence electrons. The van der Waals surface area contributed by atoms with Crippen molar-refractivity contribution in [2.24, 2.45) is 0 Å². The van der Waals surface area contributed by atoms with E-state index < -0.39 is 5.38 Å². The highest BCUT2D eigenvalue weighted by Crippen LogP contribution is 2.32. The zero-order chi connectivity index (χ0) is 13.2. The molecule has 2 aromatic heterocycles. The molecule has 1 atom stereocenters. The van der Waals surface area contributed by atoms with Crippen LogP contribution in [0.25, 0.3) is 11.5 Å². The molecule has 0 N–H and O–H groups in total. The van der Waals surface area contributed by atoms with Crippen molar-refractivity contribution < 1.29 is 8.83 Å². The Morgan fingerprint density at radius 3 is 2.53 bits per heavy atom. The lowest BCUT2D eigenvalue weighted by Gasteiger charge is -2.03. The van der Waals surface area contributed by atoms with Gasteiger partial charge < -0.3 is 8.83 Å². The third-order valence-corrected chi connectivity index (χ3v) is 3.33. The molecule has 0 saturated heterocycles. The Kier molecular flexibility index (Phi) is 3.27. The normalized spacial score (nSPS) is 12.5. The Balaban J connectivity index is 1.92. The molecule has 6 heteroatoms. The fourth-order valence-corrected chi connectivity index (χ4v) is 2.09. The number of hydrogen-bond donors (Lipinski definition) is 0. The third kappa shape index (κ3) is 2.37. The Labute approximate surface area is 119 Å². The predicted octanol–water partition coefficient (Wildman–Crippen LogP) is 4.31. The minimum absolute atomic E-state index is 0.209. The van der Waals surface area contributed by atoms with Gasteiger partial charge >= 0.3 is 0 Å². The zero-order valence-electron chi connectivity index (χ0n) is 9.59. The summed E-state index contributed by atoms with van der Waals surface area (Å²) in [5.41, 5.74) is 1.44. The number of alkyl halides is 1. The van der Waals surface area contributed by atoms with Crippen LogP contribution in [0.1, 0.15) is 16.8 Å². The molecule has 1 unspecified atom stereocenters. The lowest BCUT2D eigenvalue weighted by atomic mass is 10.1. The first-order valence-electron chi connectivity index (χ1n) is 5.51. The maximum Gasteiger partial charge on any atom is 0.252 e. The van der Waals surface area contributed by atoms with Gasteiger partial charge in [0.15, 0.2) is 0 Å². The van der Waals surface area contributed by atoms with Crippen molar-refractivity contribution in [1.82, 2.24) is 10.2 Å². The van der Waals surface area contributed by atoms with Crippen LogP contribution in [0.4, 0.5) is 0 Å².